The normalized spacial score (nSPS) is 11.6. The molecule has 1 aromatic carbocycles. The molecule has 1 rings (SSSR count). The SMILES string of the molecule is CS(=O)(=O)Cc1ccc(Cl)cc1Cl. The van der Waals surface area contributed by atoms with Gasteiger partial charge in [-0.05, 0) is 17.7 Å². The van der Waals surface area contributed by atoms with Gasteiger partial charge in [0.25, 0.3) is 0 Å². The monoisotopic (exact) mass is 238 g/mol. The summed E-state index contributed by atoms with van der Waals surface area (Å²) in [6.45, 7) is 0. The van der Waals surface area contributed by atoms with Crippen molar-refractivity contribution in [3.63, 3.8) is 0 Å². The van der Waals surface area contributed by atoms with Crippen LogP contribution in [-0.2, 0) is 15.6 Å². The summed E-state index contributed by atoms with van der Waals surface area (Å²) in [5, 5.41) is 0.889. The van der Waals surface area contributed by atoms with Crippen molar-refractivity contribution in [1.29, 1.82) is 0 Å². The average Bonchev–Trinajstić information content (AvgIpc) is 1.93. The van der Waals surface area contributed by atoms with Crippen LogP contribution in [0.4, 0.5) is 0 Å². The second-order valence-electron chi connectivity index (χ2n) is 2.81. The van der Waals surface area contributed by atoms with Crippen LogP contribution in [0.15, 0.2) is 18.2 Å². The highest BCUT2D eigenvalue weighted by atomic mass is 35.5. The summed E-state index contributed by atoms with van der Waals surface area (Å²) < 4.78 is 21.9. The Hall–Kier alpha value is -0.250. The maximum atomic E-state index is 10.9. The number of rotatable bonds is 2. The molecule has 2 nitrogen and oxygen atoms in total. The first-order valence-corrected chi connectivity index (χ1v) is 6.32. The molecule has 13 heavy (non-hydrogen) atoms. The highest BCUT2D eigenvalue weighted by Crippen LogP contribution is 2.22. The Morgan fingerprint density at radius 1 is 1.31 bits per heavy atom. The fraction of sp³-hybridized carbons (Fsp3) is 0.250. The fourth-order valence-corrected chi connectivity index (χ4v) is 2.29. The van der Waals surface area contributed by atoms with Crippen LogP contribution in [0.3, 0.4) is 0 Å². The summed E-state index contributed by atoms with van der Waals surface area (Å²) in [5.41, 5.74) is 0.577. The molecule has 0 N–H and O–H groups in total. The largest absolute Gasteiger partial charge is 0.229 e. The van der Waals surface area contributed by atoms with E-state index in [2.05, 4.69) is 0 Å². The van der Waals surface area contributed by atoms with E-state index in [1.807, 2.05) is 0 Å². The van der Waals surface area contributed by atoms with E-state index in [0.29, 0.717) is 15.6 Å². The molecule has 0 saturated heterocycles. The minimum atomic E-state index is -3.04. The molecule has 0 aromatic heterocycles. The third-order valence-corrected chi connectivity index (χ3v) is 2.86. The van der Waals surface area contributed by atoms with Gasteiger partial charge in [0.2, 0.25) is 0 Å². The minimum absolute atomic E-state index is 0.0526. The first kappa shape index (κ1) is 10.8. The predicted molar refractivity (Wildman–Crippen MR) is 55.0 cm³/mol. The highest BCUT2D eigenvalue weighted by molar-refractivity contribution is 7.89. The van der Waals surface area contributed by atoms with Crippen LogP contribution in [-0.4, -0.2) is 14.7 Å². The third-order valence-electron chi connectivity index (χ3n) is 1.43. The number of hydrogen-bond donors (Lipinski definition) is 0. The second kappa shape index (κ2) is 3.86. The Balaban J connectivity index is 3.04. The summed E-state index contributed by atoms with van der Waals surface area (Å²) in [7, 11) is -3.04. The molecule has 1 aromatic rings. The standard InChI is InChI=1S/C8H8Cl2O2S/c1-13(11,12)5-6-2-3-7(9)4-8(6)10/h2-4H,5H2,1H3. The first-order valence-electron chi connectivity index (χ1n) is 3.50. The zero-order valence-corrected chi connectivity index (χ0v) is 9.25. The zero-order valence-electron chi connectivity index (χ0n) is 6.92. The van der Waals surface area contributed by atoms with Gasteiger partial charge in [-0.1, -0.05) is 29.3 Å². The molecule has 0 spiro atoms. The smallest absolute Gasteiger partial charge is 0.151 e. The Morgan fingerprint density at radius 3 is 2.38 bits per heavy atom. The minimum Gasteiger partial charge on any atom is -0.229 e. The van der Waals surface area contributed by atoms with E-state index in [1.165, 1.54) is 6.07 Å². The maximum absolute atomic E-state index is 10.9. The highest BCUT2D eigenvalue weighted by Gasteiger charge is 2.08. The molecule has 0 aliphatic rings. The Kier molecular flexibility index (Phi) is 3.22. The van der Waals surface area contributed by atoms with Crippen molar-refractivity contribution >= 4 is 33.0 Å². The summed E-state index contributed by atoms with van der Waals surface area (Å²) in [6, 6.07) is 4.77. The van der Waals surface area contributed by atoms with Gasteiger partial charge in [0.15, 0.2) is 9.84 Å². The van der Waals surface area contributed by atoms with E-state index in [9.17, 15) is 8.42 Å². The number of hydrogen-bond acceptors (Lipinski definition) is 2. The molecule has 0 saturated carbocycles. The van der Waals surface area contributed by atoms with Gasteiger partial charge in [-0.25, -0.2) is 8.42 Å². The van der Waals surface area contributed by atoms with E-state index in [0.717, 1.165) is 6.26 Å². The van der Waals surface area contributed by atoms with E-state index in [-0.39, 0.29) is 5.75 Å². The van der Waals surface area contributed by atoms with Crippen molar-refractivity contribution in [3.05, 3.63) is 33.8 Å². The van der Waals surface area contributed by atoms with E-state index < -0.39 is 9.84 Å². The number of halogens is 2. The van der Waals surface area contributed by atoms with Gasteiger partial charge < -0.3 is 0 Å². The van der Waals surface area contributed by atoms with Gasteiger partial charge in [-0.15, -0.1) is 0 Å². The van der Waals surface area contributed by atoms with Crippen molar-refractivity contribution < 1.29 is 8.42 Å². The molecule has 0 bridgehead atoms. The van der Waals surface area contributed by atoms with E-state index in [4.69, 9.17) is 23.2 Å². The van der Waals surface area contributed by atoms with E-state index >= 15 is 0 Å². The van der Waals surface area contributed by atoms with Gasteiger partial charge in [0.1, 0.15) is 0 Å². The van der Waals surface area contributed by atoms with Gasteiger partial charge in [-0.3, -0.25) is 0 Å². The summed E-state index contributed by atoms with van der Waals surface area (Å²) in [4.78, 5) is 0. The van der Waals surface area contributed by atoms with Gasteiger partial charge in [0, 0.05) is 16.3 Å². The Morgan fingerprint density at radius 2 is 1.92 bits per heavy atom. The molecular formula is C8H8Cl2O2S. The number of sulfone groups is 1. The van der Waals surface area contributed by atoms with Crippen molar-refractivity contribution in [3.8, 4) is 0 Å². The van der Waals surface area contributed by atoms with Crippen LogP contribution in [0.1, 0.15) is 5.56 Å². The molecule has 0 amide bonds. The third kappa shape index (κ3) is 3.55. The lowest BCUT2D eigenvalue weighted by molar-refractivity contribution is 0.601. The van der Waals surface area contributed by atoms with E-state index in [1.54, 1.807) is 12.1 Å². The molecule has 72 valence electrons. The molecule has 0 heterocycles. The molecular weight excluding hydrogens is 231 g/mol. The summed E-state index contributed by atoms with van der Waals surface area (Å²) >= 11 is 11.4. The number of benzene rings is 1. The summed E-state index contributed by atoms with van der Waals surface area (Å²) in [5.74, 6) is -0.0526. The fourth-order valence-electron chi connectivity index (χ4n) is 0.921. The van der Waals surface area contributed by atoms with Crippen LogP contribution in [0, 0.1) is 0 Å². The van der Waals surface area contributed by atoms with Crippen molar-refractivity contribution in [2.24, 2.45) is 0 Å². The molecule has 0 fully saturated rings. The molecule has 0 aliphatic carbocycles. The van der Waals surface area contributed by atoms with Gasteiger partial charge >= 0.3 is 0 Å². The van der Waals surface area contributed by atoms with Crippen LogP contribution >= 0.6 is 23.2 Å². The second-order valence-corrected chi connectivity index (χ2v) is 5.79. The Labute approximate surface area is 87.4 Å². The first-order chi connectivity index (χ1) is 5.88. The van der Waals surface area contributed by atoms with Gasteiger partial charge in [0.05, 0.1) is 5.75 Å². The predicted octanol–water partition coefficient (Wildman–Crippen LogP) is 2.54. The lowest BCUT2D eigenvalue weighted by atomic mass is 10.2. The molecule has 0 atom stereocenters. The topological polar surface area (TPSA) is 34.1 Å². The lowest BCUT2D eigenvalue weighted by Crippen LogP contribution is -2.00. The van der Waals surface area contributed by atoms with Crippen LogP contribution in [0.2, 0.25) is 10.0 Å². The average molecular weight is 239 g/mol. The van der Waals surface area contributed by atoms with Gasteiger partial charge in [-0.2, -0.15) is 0 Å². The zero-order chi connectivity index (χ0) is 10.1. The quantitative estimate of drug-likeness (QED) is 0.794. The summed E-state index contributed by atoms with van der Waals surface area (Å²) in [6.07, 6.45) is 1.16. The van der Waals surface area contributed by atoms with Crippen molar-refractivity contribution in [2.45, 2.75) is 5.75 Å². The molecule has 5 heteroatoms. The van der Waals surface area contributed by atoms with Crippen LogP contribution < -0.4 is 0 Å². The van der Waals surface area contributed by atoms with Crippen molar-refractivity contribution in [1.82, 2.24) is 0 Å². The van der Waals surface area contributed by atoms with Crippen LogP contribution in [0.5, 0.6) is 0 Å². The Bertz CT molecular complexity index is 412. The maximum Gasteiger partial charge on any atom is 0.151 e. The lowest BCUT2D eigenvalue weighted by Gasteiger charge is -2.02. The van der Waals surface area contributed by atoms with Crippen LogP contribution in [0.25, 0.3) is 0 Å². The molecule has 0 radical (unpaired) electrons. The molecule has 0 aliphatic heterocycles. The van der Waals surface area contributed by atoms with Crippen molar-refractivity contribution in [2.75, 3.05) is 6.26 Å². The molecule has 0 unspecified atom stereocenters.